The van der Waals surface area contributed by atoms with Gasteiger partial charge in [0.25, 0.3) is 5.91 Å². The second-order valence-corrected chi connectivity index (χ2v) is 5.14. The Morgan fingerprint density at radius 3 is 2.54 bits per heavy atom. The largest absolute Gasteiger partial charge is 0.318 e. The lowest BCUT2D eigenvalue weighted by Gasteiger charge is -2.23. The number of amides is 2. The first-order valence-electron chi connectivity index (χ1n) is 7.27. The molecule has 0 aliphatic carbocycles. The Morgan fingerprint density at radius 1 is 1.04 bits per heavy atom. The predicted octanol–water partition coefficient (Wildman–Crippen LogP) is 3.09. The maximum atomic E-state index is 13.6. The summed E-state index contributed by atoms with van der Waals surface area (Å²) < 4.78 is 26.8. The number of benzene rings is 2. The van der Waals surface area contributed by atoms with Crippen molar-refractivity contribution in [1.82, 2.24) is 0 Å². The highest BCUT2D eigenvalue weighted by molar-refractivity contribution is 6.44. The summed E-state index contributed by atoms with van der Waals surface area (Å²) in [5.74, 6) is -3.11. The molecule has 2 aromatic rings. The second-order valence-electron chi connectivity index (χ2n) is 5.14. The summed E-state index contributed by atoms with van der Waals surface area (Å²) in [5.41, 5.74) is 0.331. The molecule has 0 atom stereocenters. The number of carbonyl (C=O) groups excluding carboxylic acids is 2. The van der Waals surface area contributed by atoms with Crippen LogP contribution in [0.3, 0.4) is 0 Å². The van der Waals surface area contributed by atoms with E-state index in [2.05, 4.69) is 10.4 Å². The first-order valence-corrected chi connectivity index (χ1v) is 7.27. The van der Waals surface area contributed by atoms with Crippen molar-refractivity contribution in [1.29, 1.82) is 0 Å². The van der Waals surface area contributed by atoms with Crippen molar-refractivity contribution >= 4 is 28.9 Å². The highest BCUT2D eigenvalue weighted by atomic mass is 19.2. The van der Waals surface area contributed by atoms with E-state index in [4.69, 9.17) is 0 Å². The van der Waals surface area contributed by atoms with Gasteiger partial charge >= 0.3 is 0 Å². The molecule has 2 aromatic carbocycles. The van der Waals surface area contributed by atoms with Crippen LogP contribution in [0.1, 0.15) is 12.8 Å². The molecular formula is C17H13F2N3O2. The van der Waals surface area contributed by atoms with Crippen LogP contribution in [0, 0.1) is 11.6 Å². The van der Waals surface area contributed by atoms with Gasteiger partial charge in [0.2, 0.25) is 5.91 Å². The fourth-order valence-electron chi connectivity index (χ4n) is 2.28. The highest BCUT2D eigenvalue weighted by Crippen LogP contribution is 2.21. The van der Waals surface area contributed by atoms with Crippen LogP contribution in [-0.2, 0) is 9.59 Å². The molecule has 7 heteroatoms. The van der Waals surface area contributed by atoms with Crippen molar-refractivity contribution < 1.29 is 18.4 Å². The molecule has 1 heterocycles. The fraction of sp³-hybridized carbons (Fsp3) is 0.118. The number of nitrogens with one attached hydrogen (secondary N) is 1. The van der Waals surface area contributed by atoms with E-state index in [1.54, 1.807) is 30.3 Å². The number of hydrogen-bond donors (Lipinski definition) is 1. The van der Waals surface area contributed by atoms with Crippen LogP contribution in [0.25, 0.3) is 0 Å². The minimum atomic E-state index is -1.14. The number of anilines is 2. The Morgan fingerprint density at radius 2 is 1.79 bits per heavy atom. The maximum Gasteiger partial charge on any atom is 0.271 e. The Kier molecular flexibility index (Phi) is 4.33. The number of halogens is 2. The van der Waals surface area contributed by atoms with Crippen molar-refractivity contribution in [2.45, 2.75) is 12.8 Å². The van der Waals surface area contributed by atoms with Crippen LogP contribution in [0.5, 0.6) is 0 Å². The van der Waals surface area contributed by atoms with Gasteiger partial charge in [0.15, 0.2) is 11.6 Å². The Labute approximate surface area is 136 Å². The lowest BCUT2D eigenvalue weighted by atomic mass is 10.1. The van der Waals surface area contributed by atoms with E-state index in [9.17, 15) is 18.4 Å². The summed E-state index contributed by atoms with van der Waals surface area (Å²) in [6.45, 7) is 0. The lowest BCUT2D eigenvalue weighted by Crippen LogP contribution is -2.36. The topological polar surface area (TPSA) is 61.8 Å². The highest BCUT2D eigenvalue weighted by Gasteiger charge is 2.26. The van der Waals surface area contributed by atoms with E-state index < -0.39 is 17.5 Å². The van der Waals surface area contributed by atoms with Crippen molar-refractivity contribution in [3.8, 4) is 0 Å². The summed E-state index contributed by atoms with van der Waals surface area (Å²) >= 11 is 0. The summed E-state index contributed by atoms with van der Waals surface area (Å²) in [4.78, 5) is 24.2. The van der Waals surface area contributed by atoms with Crippen LogP contribution in [0.15, 0.2) is 53.6 Å². The second kappa shape index (κ2) is 6.57. The van der Waals surface area contributed by atoms with Crippen LogP contribution < -0.4 is 10.3 Å². The van der Waals surface area contributed by atoms with Crippen LogP contribution in [-0.4, -0.2) is 17.5 Å². The molecule has 0 bridgehead atoms. The van der Waals surface area contributed by atoms with Gasteiger partial charge in [0.1, 0.15) is 5.71 Å². The first kappa shape index (κ1) is 15.8. The fourth-order valence-corrected chi connectivity index (χ4v) is 2.28. The third kappa shape index (κ3) is 3.15. The van der Waals surface area contributed by atoms with Gasteiger partial charge in [-0.25, -0.2) is 13.8 Å². The molecular weight excluding hydrogens is 316 g/mol. The summed E-state index contributed by atoms with van der Waals surface area (Å²) in [6.07, 6.45) is 0.234. The monoisotopic (exact) mass is 329 g/mol. The van der Waals surface area contributed by atoms with Crippen molar-refractivity contribution in [2.24, 2.45) is 5.10 Å². The molecule has 0 fully saturated rings. The number of hydrogen-bond acceptors (Lipinski definition) is 3. The maximum absolute atomic E-state index is 13.6. The molecule has 0 radical (unpaired) electrons. The molecule has 0 spiro atoms. The van der Waals surface area contributed by atoms with Crippen molar-refractivity contribution in [2.75, 3.05) is 10.3 Å². The van der Waals surface area contributed by atoms with Crippen molar-refractivity contribution in [3.63, 3.8) is 0 Å². The lowest BCUT2D eigenvalue weighted by molar-refractivity contribution is -0.118. The molecule has 0 saturated heterocycles. The van der Waals surface area contributed by atoms with E-state index in [1.807, 2.05) is 0 Å². The summed E-state index contributed by atoms with van der Waals surface area (Å²) in [5, 5.41) is 7.48. The normalized spacial score (nSPS) is 14.3. The average Bonchev–Trinajstić information content (AvgIpc) is 2.60. The van der Waals surface area contributed by atoms with E-state index >= 15 is 0 Å². The molecule has 0 aromatic heterocycles. The van der Waals surface area contributed by atoms with Crippen molar-refractivity contribution in [3.05, 3.63) is 60.2 Å². The minimum absolute atomic E-state index is 0.0714. The average molecular weight is 329 g/mol. The number of nitrogens with zero attached hydrogens (tertiary/aromatic N) is 2. The standard InChI is InChI=1S/C17H13F2N3O2/c18-12-7-4-8-13(16(12)19)20-17(24)14-9-10-15(23)22(21-14)11-5-2-1-3-6-11/h1-8H,9-10H2,(H,20,24). The smallest absolute Gasteiger partial charge is 0.271 e. The van der Waals surface area contributed by atoms with Gasteiger partial charge < -0.3 is 5.32 Å². The van der Waals surface area contributed by atoms with Crippen LogP contribution in [0.4, 0.5) is 20.2 Å². The van der Waals surface area contributed by atoms with Gasteiger partial charge in [-0.15, -0.1) is 0 Å². The van der Waals surface area contributed by atoms with E-state index in [0.29, 0.717) is 5.69 Å². The zero-order valence-corrected chi connectivity index (χ0v) is 12.5. The van der Waals surface area contributed by atoms with Crippen LogP contribution >= 0.6 is 0 Å². The molecule has 0 saturated carbocycles. The molecule has 24 heavy (non-hydrogen) atoms. The molecule has 0 unspecified atom stereocenters. The Balaban J connectivity index is 1.84. The van der Waals surface area contributed by atoms with E-state index in [1.165, 1.54) is 12.1 Å². The Bertz CT molecular complexity index is 822. The van der Waals surface area contributed by atoms with Gasteiger partial charge in [-0.1, -0.05) is 24.3 Å². The molecule has 1 aliphatic heterocycles. The third-order valence-corrected chi connectivity index (χ3v) is 3.50. The zero-order chi connectivity index (χ0) is 17.1. The molecule has 1 N–H and O–H groups in total. The predicted molar refractivity (Wildman–Crippen MR) is 85.6 cm³/mol. The van der Waals surface area contributed by atoms with Gasteiger partial charge in [-0.2, -0.15) is 5.10 Å². The summed E-state index contributed by atoms with van der Waals surface area (Å²) in [6, 6.07) is 12.2. The van der Waals surface area contributed by atoms with Gasteiger partial charge in [-0.3, -0.25) is 9.59 Å². The van der Waals surface area contributed by atoms with Gasteiger partial charge in [0.05, 0.1) is 11.4 Å². The quantitative estimate of drug-likeness (QED) is 0.940. The number of rotatable bonds is 3. The molecule has 3 rings (SSSR count). The third-order valence-electron chi connectivity index (χ3n) is 3.50. The summed E-state index contributed by atoms with van der Waals surface area (Å²) in [7, 11) is 0. The molecule has 2 amide bonds. The van der Waals surface area contributed by atoms with Crippen LogP contribution in [0.2, 0.25) is 0 Å². The minimum Gasteiger partial charge on any atom is -0.318 e. The number of para-hydroxylation sites is 1. The number of carbonyl (C=O) groups is 2. The SMILES string of the molecule is O=C(Nc1cccc(F)c1F)C1=NN(c2ccccc2)C(=O)CC1. The zero-order valence-electron chi connectivity index (χ0n) is 12.5. The van der Waals surface area contributed by atoms with E-state index in [0.717, 1.165) is 11.1 Å². The molecule has 5 nitrogen and oxygen atoms in total. The Hall–Kier alpha value is -3.09. The van der Waals surface area contributed by atoms with Gasteiger partial charge in [0, 0.05) is 12.8 Å². The number of hydrazone groups is 1. The molecule has 1 aliphatic rings. The molecule has 122 valence electrons. The first-order chi connectivity index (χ1) is 11.6. The van der Waals surface area contributed by atoms with Gasteiger partial charge in [-0.05, 0) is 24.3 Å². The van der Waals surface area contributed by atoms with E-state index in [-0.39, 0.29) is 30.1 Å².